The zero-order chi connectivity index (χ0) is 8.08. The Hall–Kier alpha value is 1.05. The second-order valence-electron chi connectivity index (χ2n) is 1.25. The number of carbonyl (C=O) groups is 1. The highest BCUT2D eigenvalue weighted by Gasteiger charge is 2.13. The minimum Gasteiger partial charge on any atom is -0.282 e. The summed E-state index contributed by atoms with van der Waals surface area (Å²) in [7, 11) is 0. The molecule has 0 unspecified atom stereocenters. The zero-order valence-corrected chi connectivity index (χ0v) is 8.94. The smallest absolute Gasteiger partial charge is 0.282 e. The predicted molar refractivity (Wildman–Crippen MR) is 45.7 cm³/mol. The van der Waals surface area contributed by atoms with Gasteiger partial charge in [0.25, 0.3) is 0 Å². The average Bonchev–Trinajstić information content (AvgIpc) is 1.19. The van der Waals surface area contributed by atoms with Gasteiger partial charge in [-0.3, -0.25) is 4.79 Å². The first-order valence-corrected chi connectivity index (χ1v) is 7.87. The van der Waals surface area contributed by atoms with Crippen LogP contribution in [0.4, 0.5) is 0 Å². The molecule has 0 aliphatic carbocycles. The van der Waals surface area contributed by atoms with Crippen LogP contribution < -0.4 is 0 Å². The van der Waals surface area contributed by atoms with Crippen LogP contribution in [0.25, 0.3) is 0 Å². The van der Waals surface area contributed by atoms with E-state index in [-0.39, 0.29) is 5.24 Å². The summed E-state index contributed by atoms with van der Waals surface area (Å²) in [6.07, 6.45) is 0. The molecule has 0 saturated carbocycles. The maximum atomic E-state index is 9.21. The molecule has 0 saturated heterocycles. The molecular weight excluding hydrogens is 222 g/mol. The molecule has 9 heavy (non-hydrogen) atoms. The van der Waals surface area contributed by atoms with Gasteiger partial charge in [-0.2, -0.15) is 0 Å². The number of carbonyl (C=O) groups excluding carboxylic acids is 1. The van der Waals surface area contributed by atoms with Crippen molar-refractivity contribution in [2.24, 2.45) is 0 Å². The normalized spacial score (nSPS) is 9.56. The van der Waals surface area contributed by atoms with Gasteiger partial charge in [0.05, 0.1) is 0 Å². The Kier molecular flexibility index (Phi) is 8.19. The Bertz CT molecular complexity index is 78.3. The molecular formula is C3H6Cl4OSi. The third-order valence-electron chi connectivity index (χ3n) is 0. The van der Waals surface area contributed by atoms with Crippen molar-refractivity contribution in [1.29, 1.82) is 0 Å². The van der Waals surface area contributed by atoms with Gasteiger partial charge in [0.2, 0.25) is 5.24 Å². The zero-order valence-electron chi connectivity index (χ0n) is 4.92. The summed E-state index contributed by atoms with van der Waals surface area (Å²) in [5, 5.41) is -0.361. The lowest BCUT2D eigenvalue weighted by atomic mass is 10.9. The summed E-state index contributed by atoms with van der Waals surface area (Å²) < 4.78 is 0. The molecule has 0 aromatic carbocycles. The van der Waals surface area contributed by atoms with Crippen LogP contribution in [0.1, 0.15) is 6.92 Å². The Balaban J connectivity index is 0. The van der Waals surface area contributed by atoms with Crippen molar-refractivity contribution in [2.45, 2.75) is 13.5 Å². The first-order valence-electron chi connectivity index (χ1n) is 1.96. The SMILES string of the molecule is CC(=O)Cl.C[Si](Cl)(Cl)Cl. The van der Waals surface area contributed by atoms with E-state index >= 15 is 0 Å². The topological polar surface area (TPSA) is 17.1 Å². The summed E-state index contributed by atoms with van der Waals surface area (Å²) in [4.78, 5) is 9.21. The van der Waals surface area contributed by atoms with Gasteiger partial charge >= 0.3 is 6.00 Å². The van der Waals surface area contributed by atoms with E-state index in [4.69, 9.17) is 33.2 Å². The molecule has 56 valence electrons. The van der Waals surface area contributed by atoms with Gasteiger partial charge in [-0.1, -0.05) is 0 Å². The Morgan fingerprint density at radius 3 is 1.33 bits per heavy atom. The van der Waals surface area contributed by atoms with Crippen LogP contribution >= 0.6 is 44.8 Å². The monoisotopic (exact) mass is 226 g/mol. The van der Waals surface area contributed by atoms with Crippen molar-refractivity contribution in [1.82, 2.24) is 0 Å². The van der Waals surface area contributed by atoms with Gasteiger partial charge in [-0.15, -0.1) is 33.2 Å². The third kappa shape index (κ3) is 410. The first-order chi connectivity index (χ1) is 3.73. The molecule has 0 atom stereocenters. The first kappa shape index (κ1) is 12.7. The molecule has 6 heteroatoms. The average molecular weight is 228 g/mol. The second kappa shape index (κ2) is 5.80. The van der Waals surface area contributed by atoms with Crippen LogP contribution in [0.3, 0.4) is 0 Å². The predicted octanol–water partition coefficient (Wildman–Crippen LogP) is 3.04. The van der Waals surface area contributed by atoms with Crippen molar-refractivity contribution in [3.05, 3.63) is 0 Å². The largest absolute Gasteiger partial charge is 0.338 e. The van der Waals surface area contributed by atoms with E-state index in [2.05, 4.69) is 11.6 Å². The highest BCUT2D eigenvalue weighted by molar-refractivity contribution is 7.64. The lowest BCUT2D eigenvalue weighted by Gasteiger charge is -1.89. The van der Waals surface area contributed by atoms with Crippen LogP contribution in [0.15, 0.2) is 0 Å². The summed E-state index contributed by atoms with van der Waals surface area (Å²) in [6, 6.07) is -2.19. The van der Waals surface area contributed by atoms with E-state index < -0.39 is 6.00 Å². The van der Waals surface area contributed by atoms with Crippen molar-refractivity contribution < 1.29 is 4.79 Å². The van der Waals surface area contributed by atoms with Crippen LogP contribution in [0, 0.1) is 0 Å². The van der Waals surface area contributed by atoms with Crippen molar-refractivity contribution in [3.63, 3.8) is 0 Å². The Labute approximate surface area is 74.3 Å². The van der Waals surface area contributed by atoms with Crippen LogP contribution in [0.5, 0.6) is 0 Å². The van der Waals surface area contributed by atoms with E-state index in [1.807, 2.05) is 0 Å². The van der Waals surface area contributed by atoms with E-state index in [0.29, 0.717) is 0 Å². The molecule has 0 heterocycles. The molecule has 0 aliphatic heterocycles. The Morgan fingerprint density at radius 2 is 1.33 bits per heavy atom. The second-order valence-corrected chi connectivity index (χ2v) is 11.9. The maximum Gasteiger partial charge on any atom is 0.338 e. The quantitative estimate of drug-likeness (QED) is 0.353. The molecule has 0 N–H and O–H groups in total. The molecule has 0 aromatic heterocycles. The van der Waals surface area contributed by atoms with Crippen LogP contribution in [-0.2, 0) is 4.79 Å². The highest BCUT2D eigenvalue weighted by Crippen LogP contribution is 2.17. The van der Waals surface area contributed by atoms with Crippen LogP contribution in [-0.4, -0.2) is 11.2 Å². The maximum absolute atomic E-state index is 9.21. The number of hydrogen-bond donors (Lipinski definition) is 0. The summed E-state index contributed by atoms with van der Waals surface area (Å²) in [6.45, 7) is 2.92. The standard InChI is InChI=1S/C2H3ClO.CH3Cl3Si/c1-2(3)4;1-5(2,3)4/h1H3;1H3. The molecule has 0 amide bonds. The van der Waals surface area contributed by atoms with E-state index in [1.54, 1.807) is 6.55 Å². The molecule has 0 radical (unpaired) electrons. The summed E-state index contributed by atoms with van der Waals surface area (Å²) in [5.41, 5.74) is 0. The fraction of sp³-hybridized carbons (Fsp3) is 0.667. The highest BCUT2D eigenvalue weighted by atomic mass is 35.8. The molecule has 0 aromatic rings. The fourth-order valence-electron chi connectivity index (χ4n) is 0. The van der Waals surface area contributed by atoms with Gasteiger partial charge < -0.3 is 0 Å². The lowest BCUT2D eigenvalue weighted by Crippen LogP contribution is -1.97. The summed E-state index contributed by atoms with van der Waals surface area (Å²) >= 11 is 20.2. The van der Waals surface area contributed by atoms with Crippen molar-refractivity contribution in [3.8, 4) is 0 Å². The number of halogens is 4. The van der Waals surface area contributed by atoms with Crippen LogP contribution in [0.2, 0.25) is 6.55 Å². The fourth-order valence-corrected chi connectivity index (χ4v) is 0. The lowest BCUT2D eigenvalue weighted by molar-refractivity contribution is -0.109. The van der Waals surface area contributed by atoms with Gasteiger partial charge in [-0.25, -0.2) is 0 Å². The van der Waals surface area contributed by atoms with Gasteiger partial charge in [0.15, 0.2) is 0 Å². The van der Waals surface area contributed by atoms with Gasteiger partial charge in [0.1, 0.15) is 0 Å². The van der Waals surface area contributed by atoms with Gasteiger partial charge in [-0.05, 0) is 18.1 Å². The third-order valence-corrected chi connectivity index (χ3v) is 0. The van der Waals surface area contributed by atoms with E-state index in [9.17, 15) is 4.79 Å². The molecule has 0 aliphatic rings. The molecule has 1 nitrogen and oxygen atoms in total. The minimum atomic E-state index is -2.19. The molecule has 0 fully saturated rings. The molecule has 0 spiro atoms. The number of hydrogen-bond acceptors (Lipinski definition) is 1. The summed E-state index contributed by atoms with van der Waals surface area (Å²) in [5.74, 6) is 0. The van der Waals surface area contributed by atoms with E-state index in [1.165, 1.54) is 6.92 Å². The van der Waals surface area contributed by atoms with Crippen molar-refractivity contribution in [2.75, 3.05) is 0 Å². The minimum absolute atomic E-state index is 0.361. The molecule has 0 bridgehead atoms. The van der Waals surface area contributed by atoms with E-state index in [0.717, 1.165) is 0 Å². The Morgan fingerprint density at radius 1 is 1.33 bits per heavy atom. The van der Waals surface area contributed by atoms with Crippen molar-refractivity contribution >= 4 is 56.1 Å². The number of rotatable bonds is 0. The van der Waals surface area contributed by atoms with Gasteiger partial charge in [0, 0.05) is 6.92 Å². The molecule has 0 rings (SSSR count).